The number of nitrogens with two attached hydrogens (primary N) is 1. The summed E-state index contributed by atoms with van der Waals surface area (Å²) in [6, 6.07) is 3.19. The standard InChI is InChI=1S/C12H19N5O2/c1-9-4-3-5-15-11(9)16-7-6-14-10(18)8-17(2)12(13)19/h3-5H,6-8H2,1-2H3,(H2,13,19)(H,14,18)(H,15,16). The number of primary amides is 1. The molecule has 0 saturated carbocycles. The Kier molecular flexibility index (Phi) is 5.59. The Morgan fingerprint density at radius 2 is 2.16 bits per heavy atom. The van der Waals surface area contributed by atoms with Crippen molar-refractivity contribution < 1.29 is 9.59 Å². The predicted octanol–water partition coefficient (Wildman–Crippen LogP) is -0.0714. The van der Waals surface area contributed by atoms with Crippen LogP contribution in [0.25, 0.3) is 0 Å². The molecule has 19 heavy (non-hydrogen) atoms. The molecule has 0 unspecified atom stereocenters. The van der Waals surface area contributed by atoms with Crippen LogP contribution in [0, 0.1) is 6.92 Å². The van der Waals surface area contributed by atoms with Crippen LogP contribution in [0.3, 0.4) is 0 Å². The van der Waals surface area contributed by atoms with Gasteiger partial charge >= 0.3 is 6.03 Å². The minimum absolute atomic E-state index is 0.0437. The second kappa shape index (κ2) is 7.20. The third kappa shape index (κ3) is 5.24. The van der Waals surface area contributed by atoms with Gasteiger partial charge in [-0.15, -0.1) is 0 Å². The molecule has 0 atom stereocenters. The first-order valence-electron chi connectivity index (χ1n) is 5.93. The molecule has 0 aliphatic rings. The van der Waals surface area contributed by atoms with Crippen LogP contribution in [0.1, 0.15) is 5.56 Å². The highest BCUT2D eigenvalue weighted by Crippen LogP contribution is 2.07. The first kappa shape index (κ1) is 14.7. The van der Waals surface area contributed by atoms with E-state index in [1.165, 1.54) is 7.05 Å². The van der Waals surface area contributed by atoms with Gasteiger partial charge in [0.05, 0.1) is 0 Å². The van der Waals surface area contributed by atoms with Gasteiger partial charge in [-0.25, -0.2) is 9.78 Å². The number of carbonyl (C=O) groups is 2. The zero-order chi connectivity index (χ0) is 14.3. The topological polar surface area (TPSA) is 100 Å². The highest BCUT2D eigenvalue weighted by molar-refractivity contribution is 5.83. The molecule has 0 spiro atoms. The lowest BCUT2D eigenvalue weighted by Gasteiger charge is -2.14. The molecule has 104 valence electrons. The molecular weight excluding hydrogens is 246 g/mol. The van der Waals surface area contributed by atoms with Crippen molar-refractivity contribution in [3.05, 3.63) is 23.9 Å². The minimum atomic E-state index is -0.627. The predicted molar refractivity (Wildman–Crippen MR) is 72.7 cm³/mol. The molecule has 0 aliphatic heterocycles. The lowest BCUT2D eigenvalue weighted by Crippen LogP contribution is -2.41. The molecule has 7 heteroatoms. The SMILES string of the molecule is Cc1cccnc1NCCNC(=O)CN(C)C(N)=O. The molecule has 3 amide bonds. The summed E-state index contributed by atoms with van der Waals surface area (Å²) in [5.41, 5.74) is 6.06. The maximum atomic E-state index is 11.4. The van der Waals surface area contributed by atoms with Gasteiger partial charge in [-0.3, -0.25) is 4.79 Å². The lowest BCUT2D eigenvalue weighted by molar-refractivity contribution is -0.121. The number of hydrogen-bond acceptors (Lipinski definition) is 4. The molecule has 0 bridgehead atoms. The fourth-order valence-electron chi connectivity index (χ4n) is 1.40. The number of nitrogens with one attached hydrogen (secondary N) is 2. The van der Waals surface area contributed by atoms with E-state index in [9.17, 15) is 9.59 Å². The zero-order valence-corrected chi connectivity index (χ0v) is 11.1. The van der Waals surface area contributed by atoms with E-state index in [1.807, 2.05) is 19.1 Å². The molecule has 0 radical (unpaired) electrons. The first-order valence-corrected chi connectivity index (χ1v) is 5.93. The summed E-state index contributed by atoms with van der Waals surface area (Å²) in [5, 5.41) is 5.79. The van der Waals surface area contributed by atoms with Crippen LogP contribution in [-0.2, 0) is 4.79 Å². The quantitative estimate of drug-likeness (QED) is 0.627. The van der Waals surface area contributed by atoms with E-state index in [1.54, 1.807) is 6.20 Å². The third-order valence-electron chi connectivity index (χ3n) is 2.51. The Balaban J connectivity index is 2.23. The summed E-state index contributed by atoms with van der Waals surface area (Å²) in [7, 11) is 1.47. The molecule has 1 aromatic heterocycles. The Morgan fingerprint density at radius 1 is 1.42 bits per heavy atom. The summed E-state index contributed by atoms with van der Waals surface area (Å²) < 4.78 is 0. The minimum Gasteiger partial charge on any atom is -0.368 e. The van der Waals surface area contributed by atoms with Gasteiger partial charge < -0.3 is 21.3 Å². The summed E-state index contributed by atoms with van der Waals surface area (Å²) >= 11 is 0. The number of amides is 3. The molecule has 0 fully saturated rings. The van der Waals surface area contributed by atoms with Crippen molar-refractivity contribution in [1.29, 1.82) is 0 Å². The van der Waals surface area contributed by atoms with Crippen molar-refractivity contribution in [1.82, 2.24) is 15.2 Å². The van der Waals surface area contributed by atoms with Gasteiger partial charge in [-0.1, -0.05) is 6.07 Å². The highest BCUT2D eigenvalue weighted by atomic mass is 16.2. The average molecular weight is 265 g/mol. The number of likely N-dealkylation sites (N-methyl/N-ethyl adjacent to an activating group) is 1. The van der Waals surface area contributed by atoms with E-state index in [-0.39, 0.29) is 12.5 Å². The fraction of sp³-hybridized carbons (Fsp3) is 0.417. The van der Waals surface area contributed by atoms with Crippen molar-refractivity contribution in [2.24, 2.45) is 5.73 Å². The lowest BCUT2D eigenvalue weighted by atomic mass is 10.3. The Hall–Kier alpha value is -2.31. The number of urea groups is 1. The zero-order valence-electron chi connectivity index (χ0n) is 11.1. The molecule has 0 saturated heterocycles. The highest BCUT2D eigenvalue weighted by Gasteiger charge is 2.08. The Morgan fingerprint density at radius 3 is 2.79 bits per heavy atom. The fourth-order valence-corrected chi connectivity index (χ4v) is 1.40. The Bertz CT molecular complexity index is 450. The summed E-state index contributed by atoms with van der Waals surface area (Å²) in [6.07, 6.45) is 1.70. The van der Waals surface area contributed by atoms with Gasteiger partial charge in [0.2, 0.25) is 5.91 Å². The maximum absolute atomic E-state index is 11.4. The second-order valence-corrected chi connectivity index (χ2v) is 4.14. The molecular formula is C12H19N5O2. The number of rotatable bonds is 6. The van der Waals surface area contributed by atoms with Gasteiger partial charge in [-0.05, 0) is 18.6 Å². The van der Waals surface area contributed by atoms with Crippen LogP contribution < -0.4 is 16.4 Å². The van der Waals surface area contributed by atoms with Gasteiger partial charge in [-0.2, -0.15) is 0 Å². The molecule has 7 nitrogen and oxygen atoms in total. The van der Waals surface area contributed by atoms with Gasteiger partial charge in [0.1, 0.15) is 12.4 Å². The van der Waals surface area contributed by atoms with Gasteiger partial charge in [0.15, 0.2) is 0 Å². The molecule has 1 aromatic rings. The first-order chi connectivity index (χ1) is 9.00. The van der Waals surface area contributed by atoms with Crippen molar-refractivity contribution in [2.75, 3.05) is 32.0 Å². The second-order valence-electron chi connectivity index (χ2n) is 4.14. The molecule has 0 aliphatic carbocycles. The van der Waals surface area contributed by atoms with Crippen LogP contribution in [0.4, 0.5) is 10.6 Å². The van der Waals surface area contributed by atoms with E-state index in [0.29, 0.717) is 13.1 Å². The average Bonchev–Trinajstić information content (AvgIpc) is 2.36. The van der Waals surface area contributed by atoms with Gasteiger partial charge in [0.25, 0.3) is 0 Å². The number of hydrogen-bond donors (Lipinski definition) is 3. The van der Waals surface area contributed by atoms with E-state index < -0.39 is 6.03 Å². The van der Waals surface area contributed by atoms with Crippen LogP contribution in [-0.4, -0.2) is 48.5 Å². The van der Waals surface area contributed by atoms with Crippen LogP contribution in [0.5, 0.6) is 0 Å². The van der Waals surface area contributed by atoms with Gasteiger partial charge in [0, 0.05) is 26.3 Å². The number of aromatic nitrogens is 1. The number of carbonyl (C=O) groups excluding carboxylic acids is 2. The van der Waals surface area contributed by atoms with Crippen molar-refractivity contribution in [2.45, 2.75) is 6.92 Å². The number of aryl methyl sites for hydroxylation is 1. The Labute approximate surface area is 112 Å². The van der Waals surface area contributed by atoms with Crippen LogP contribution in [0.15, 0.2) is 18.3 Å². The molecule has 1 rings (SSSR count). The molecule has 0 aromatic carbocycles. The normalized spacial score (nSPS) is 9.79. The van der Waals surface area contributed by atoms with Crippen LogP contribution in [0.2, 0.25) is 0 Å². The number of pyridine rings is 1. The van der Waals surface area contributed by atoms with Crippen LogP contribution >= 0.6 is 0 Å². The largest absolute Gasteiger partial charge is 0.368 e. The van der Waals surface area contributed by atoms with Crippen molar-refractivity contribution in [3.63, 3.8) is 0 Å². The summed E-state index contributed by atoms with van der Waals surface area (Å²) in [6.45, 7) is 2.92. The monoisotopic (exact) mass is 265 g/mol. The molecule has 4 N–H and O–H groups in total. The smallest absolute Gasteiger partial charge is 0.314 e. The summed E-state index contributed by atoms with van der Waals surface area (Å²) in [5.74, 6) is 0.548. The maximum Gasteiger partial charge on any atom is 0.314 e. The summed E-state index contributed by atoms with van der Waals surface area (Å²) in [4.78, 5) is 27.5. The van der Waals surface area contributed by atoms with E-state index in [0.717, 1.165) is 16.3 Å². The van der Waals surface area contributed by atoms with E-state index in [2.05, 4.69) is 15.6 Å². The molecule has 1 heterocycles. The number of anilines is 1. The third-order valence-corrected chi connectivity index (χ3v) is 2.51. The van der Waals surface area contributed by atoms with Crippen molar-refractivity contribution in [3.8, 4) is 0 Å². The van der Waals surface area contributed by atoms with E-state index >= 15 is 0 Å². The van der Waals surface area contributed by atoms with Crippen molar-refractivity contribution >= 4 is 17.8 Å². The van der Waals surface area contributed by atoms with E-state index in [4.69, 9.17) is 5.73 Å². The number of nitrogens with zero attached hydrogens (tertiary/aromatic N) is 2.